The predicted octanol–water partition coefficient (Wildman–Crippen LogP) is 3.03. The fourth-order valence-corrected chi connectivity index (χ4v) is 4.14. The van der Waals surface area contributed by atoms with Gasteiger partial charge >= 0.3 is 0 Å². The number of rotatable bonds is 5. The fraction of sp³-hybridized carbons (Fsp3) is 0.312. The highest BCUT2D eigenvalue weighted by atomic mass is 32.1. The van der Waals surface area contributed by atoms with E-state index in [2.05, 4.69) is 24.1 Å². The number of aromatic nitrogens is 2. The molecule has 0 radical (unpaired) electrons. The summed E-state index contributed by atoms with van der Waals surface area (Å²) in [7, 11) is 0. The van der Waals surface area contributed by atoms with Crippen LogP contribution in [0, 0.1) is 5.92 Å². The van der Waals surface area contributed by atoms with Gasteiger partial charge in [0.25, 0.3) is 5.56 Å². The molecule has 120 valence electrons. The summed E-state index contributed by atoms with van der Waals surface area (Å²) < 4.78 is 1.94. The zero-order valence-corrected chi connectivity index (χ0v) is 14.5. The first-order valence-electron chi connectivity index (χ1n) is 7.31. The SMILES string of the molecule is CC(C)C(NC(=O)Cn1cnc2ccsc2c1=O)c1cccs1. The number of amides is 1. The molecule has 1 N–H and O–H groups in total. The van der Waals surface area contributed by atoms with Gasteiger partial charge in [-0.2, -0.15) is 0 Å². The van der Waals surface area contributed by atoms with Crippen molar-refractivity contribution in [2.24, 2.45) is 5.92 Å². The lowest BCUT2D eigenvalue weighted by Gasteiger charge is -2.21. The Morgan fingerprint density at radius 1 is 1.30 bits per heavy atom. The summed E-state index contributed by atoms with van der Waals surface area (Å²) in [6.45, 7) is 4.11. The van der Waals surface area contributed by atoms with Gasteiger partial charge in [-0.3, -0.25) is 14.2 Å². The van der Waals surface area contributed by atoms with Crippen LogP contribution in [0.2, 0.25) is 0 Å². The highest BCUT2D eigenvalue weighted by Gasteiger charge is 2.19. The van der Waals surface area contributed by atoms with E-state index in [4.69, 9.17) is 0 Å². The number of nitrogens with zero attached hydrogens (tertiary/aromatic N) is 2. The normalized spacial score (nSPS) is 12.7. The number of carbonyl (C=O) groups is 1. The highest BCUT2D eigenvalue weighted by Crippen LogP contribution is 2.25. The smallest absolute Gasteiger partial charge is 0.271 e. The van der Waals surface area contributed by atoms with Crippen molar-refractivity contribution in [1.29, 1.82) is 0 Å². The maximum Gasteiger partial charge on any atom is 0.271 e. The van der Waals surface area contributed by atoms with E-state index in [9.17, 15) is 9.59 Å². The molecule has 0 saturated heterocycles. The number of nitrogens with one attached hydrogen (secondary N) is 1. The van der Waals surface area contributed by atoms with E-state index >= 15 is 0 Å². The lowest BCUT2D eigenvalue weighted by Crippen LogP contribution is -2.36. The average Bonchev–Trinajstić information content (AvgIpc) is 3.18. The molecule has 0 saturated carbocycles. The van der Waals surface area contributed by atoms with Crippen LogP contribution in [0.15, 0.2) is 40.1 Å². The van der Waals surface area contributed by atoms with Gasteiger partial charge < -0.3 is 5.32 Å². The zero-order valence-electron chi connectivity index (χ0n) is 12.9. The van der Waals surface area contributed by atoms with Crippen LogP contribution >= 0.6 is 22.7 Å². The summed E-state index contributed by atoms with van der Waals surface area (Å²) in [5, 5.41) is 6.85. The first-order chi connectivity index (χ1) is 11.1. The molecule has 3 aromatic rings. The molecule has 3 aromatic heterocycles. The van der Waals surface area contributed by atoms with Crippen molar-refractivity contribution in [1.82, 2.24) is 14.9 Å². The van der Waals surface area contributed by atoms with Crippen LogP contribution in [0.1, 0.15) is 24.8 Å². The van der Waals surface area contributed by atoms with Crippen molar-refractivity contribution in [3.8, 4) is 0 Å². The lowest BCUT2D eigenvalue weighted by atomic mass is 10.0. The van der Waals surface area contributed by atoms with Crippen molar-refractivity contribution in [2.45, 2.75) is 26.4 Å². The molecular weight excluding hydrogens is 330 g/mol. The van der Waals surface area contributed by atoms with Crippen molar-refractivity contribution in [3.63, 3.8) is 0 Å². The minimum atomic E-state index is -0.183. The molecular formula is C16H17N3O2S2. The Hall–Kier alpha value is -1.99. The number of hydrogen-bond donors (Lipinski definition) is 1. The molecule has 0 fully saturated rings. The molecule has 5 nitrogen and oxygen atoms in total. The Morgan fingerprint density at radius 2 is 2.13 bits per heavy atom. The van der Waals surface area contributed by atoms with Crippen molar-refractivity contribution >= 4 is 38.8 Å². The predicted molar refractivity (Wildman–Crippen MR) is 93.9 cm³/mol. The third-order valence-electron chi connectivity index (χ3n) is 3.58. The number of hydrogen-bond acceptors (Lipinski definition) is 5. The third kappa shape index (κ3) is 3.35. The van der Waals surface area contributed by atoms with Crippen LogP contribution in [0.5, 0.6) is 0 Å². The van der Waals surface area contributed by atoms with Crippen LogP contribution < -0.4 is 10.9 Å². The van der Waals surface area contributed by atoms with Crippen LogP contribution in [0.25, 0.3) is 10.2 Å². The summed E-state index contributed by atoms with van der Waals surface area (Å²) in [6.07, 6.45) is 1.44. The Labute approximate surface area is 141 Å². The summed E-state index contributed by atoms with van der Waals surface area (Å²) in [6, 6.07) is 5.75. The quantitative estimate of drug-likeness (QED) is 0.771. The van der Waals surface area contributed by atoms with Crippen molar-refractivity contribution in [2.75, 3.05) is 0 Å². The van der Waals surface area contributed by atoms with Gasteiger partial charge in [-0.1, -0.05) is 19.9 Å². The lowest BCUT2D eigenvalue weighted by molar-refractivity contribution is -0.122. The average molecular weight is 347 g/mol. The van der Waals surface area contributed by atoms with Gasteiger partial charge in [0.15, 0.2) is 0 Å². The van der Waals surface area contributed by atoms with Gasteiger partial charge in [0.05, 0.1) is 17.9 Å². The standard InChI is InChI=1S/C16H17N3O2S2/c1-10(2)14(12-4-3-6-22-12)18-13(20)8-19-9-17-11-5-7-23-15(11)16(19)21/h3-7,9-10,14H,8H2,1-2H3,(H,18,20). The molecule has 1 unspecified atom stereocenters. The molecule has 1 amide bonds. The van der Waals surface area contributed by atoms with Gasteiger partial charge in [0.1, 0.15) is 11.2 Å². The molecule has 0 aliphatic carbocycles. The summed E-state index contributed by atoms with van der Waals surface area (Å²) in [5.74, 6) is 0.0872. The molecule has 1 atom stereocenters. The second kappa shape index (κ2) is 6.64. The Bertz CT molecular complexity index is 865. The Morgan fingerprint density at radius 3 is 2.83 bits per heavy atom. The maximum absolute atomic E-state index is 12.4. The molecule has 0 aliphatic rings. The van der Waals surface area contributed by atoms with E-state index in [1.54, 1.807) is 17.4 Å². The van der Waals surface area contributed by atoms with Gasteiger partial charge in [-0.15, -0.1) is 22.7 Å². The Kier molecular flexibility index (Phi) is 4.58. The zero-order chi connectivity index (χ0) is 16.4. The van der Waals surface area contributed by atoms with Gasteiger partial charge in [-0.25, -0.2) is 4.98 Å². The van der Waals surface area contributed by atoms with Gasteiger partial charge in [-0.05, 0) is 28.8 Å². The first-order valence-corrected chi connectivity index (χ1v) is 9.07. The highest BCUT2D eigenvalue weighted by molar-refractivity contribution is 7.17. The van der Waals surface area contributed by atoms with Gasteiger partial charge in [0.2, 0.25) is 5.91 Å². The van der Waals surface area contributed by atoms with Crippen LogP contribution in [0.3, 0.4) is 0 Å². The van der Waals surface area contributed by atoms with E-state index in [0.29, 0.717) is 10.2 Å². The number of carbonyl (C=O) groups excluding carboxylic acids is 1. The molecule has 0 aliphatic heterocycles. The topological polar surface area (TPSA) is 64.0 Å². The van der Waals surface area contributed by atoms with E-state index in [0.717, 1.165) is 4.88 Å². The molecule has 3 rings (SSSR count). The molecule has 0 spiro atoms. The van der Waals surface area contributed by atoms with E-state index in [-0.39, 0.29) is 30.0 Å². The van der Waals surface area contributed by atoms with Crippen LogP contribution in [-0.4, -0.2) is 15.5 Å². The summed E-state index contributed by atoms with van der Waals surface area (Å²) in [4.78, 5) is 30.0. The second-order valence-electron chi connectivity index (χ2n) is 5.62. The maximum atomic E-state index is 12.4. The minimum absolute atomic E-state index is 0.0196. The number of thiophene rings is 2. The number of fused-ring (bicyclic) bond motifs is 1. The summed E-state index contributed by atoms with van der Waals surface area (Å²) >= 11 is 2.97. The molecule has 0 aromatic carbocycles. The van der Waals surface area contributed by atoms with Crippen molar-refractivity contribution < 1.29 is 4.79 Å². The van der Waals surface area contributed by atoms with E-state index in [1.165, 1.54) is 22.2 Å². The molecule has 7 heteroatoms. The van der Waals surface area contributed by atoms with E-state index in [1.807, 2.05) is 22.9 Å². The summed E-state index contributed by atoms with van der Waals surface area (Å²) in [5.41, 5.74) is 0.507. The molecule has 3 heterocycles. The minimum Gasteiger partial charge on any atom is -0.347 e. The monoisotopic (exact) mass is 347 g/mol. The van der Waals surface area contributed by atoms with E-state index < -0.39 is 0 Å². The largest absolute Gasteiger partial charge is 0.347 e. The van der Waals surface area contributed by atoms with Crippen molar-refractivity contribution in [3.05, 3.63) is 50.5 Å². The Balaban J connectivity index is 1.77. The first kappa shape index (κ1) is 15.9. The molecule has 23 heavy (non-hydrogen) atoms. The third-order valence-corrected chi connectivity index (χ3v) is 5.43. The van der Waals surface area contributed by atoms with Crippen LogP contribution in [-0.2, 0) is 11.3 Å². The van der Waals surface area contributed by atoms with Gasteiger partial charge in [0, 0.05) is 4.88 Å². The fourth-order valence-electron chi connectivity index (χ4n) is 2.40. The van der Waals surface area contributed by atoms with Crippen LogP contribution in [0.4, 0.5) is 0 Å². The second-order valence-corrected chi connectivity index (χ2v) is 7.51. The molecule has 0 bridgehead atoms.